The van der Waals surface area contributed by atoms with Gasteiger partial charge in [-0.25, -0.2) is 4.98 Å². The highest BCUT2D eigenvalue weighted by Crippen LogP contribution is 2.06. The van der Waals surface area contributed by atoms with Crippen molar-refractivity contribution >= 4 is 18.0 Å². The zero-order valence-corrected chi connectivity index (χ0v) is 13.9. The third-order valence-electron chi connectivity index (χ3n) is 3.64. The highest BCUT2D eigenvalue weighted by Gasteiger charge is 2.11. The van der Waals surface area contributed by atoms with Gasteiger partial charge < -0.3 is 4.90 Å². The van der Waals surface area contributed by atoms with Gasteiger partial charge in [-0.3, -0.25) is 4.40 Å². The second kappa shape index (κ2) is 5.98. The van der Waals surface area contributed by atoms with Crippen LogP contribution < -0.4 is 4.90 Å². The van der Waals surface area contributed by atoms with Gasteiger partial charge >= 0.3 is 0 Å². The number of aromatic nitrogens is 4. The Morgan fingerprint density at radius 3 is 2.64 bits per heavy atom. The van der Waals surface area contributed by atoms with Crippen molar-refractivity contribution in [2.24, 2.45) is 0 Å². The molecule has 0 spiro atoms. The van der Waals surface area contributed by atoms with E-state index in [9.17, 15) is 0 Å². The summed E-state index contributed by atoms with van der Waals surface area (Å²) in [5.74, 6) is 0.676. The molecule has 0 aliphatic rings. The van der Waals surface area contributed by atoms with Crippen LogP contribution in [0.4, 0.5) is 0 Å². The van der Waals surface area contributed by atoms with Gasteiger partial charge in [0, 0.05) is 17.0 Å². The smallest absolute Gasteiger partial charge is 0.254 e. The van der Waals surface area contributed by atoms with Gasteiger partial charge in [-0.1, -0.05) is 30.3 Å². The number of aryl methyl sites for hydroxylation is 2. The Balaban J connectivity index is 1.86. The molecule has 3 rings (SSSR count). The Labute approximate surface area is 134 Å². The molecule has 22 heavy (non-hydrogen) atoms. The molecular formula is C16H20N5S+. The Morgan fingerprint density at radius 2 is 1.91 bits per heavy atom. The molecule has 3 aromatic rings. The summed E-state index contributed by atoms with van der Waals surface area (Å²) >= 11 is 5.55. The summed E-state index contributed by atoms with van der Waals surface area (Å²) in [4.78, 5) is 5.78. The molecule has 0 bridgehead atoms. The lowest BCUT2D eigenvalue weighted by Gasteiger charge is -2.13. The predicted octanol–water partition coefficient (Wildman–Crippen LogP) is 1.55. The molecule has 0 saturated carbocycles. The highest BCUT2D eigenvalue weighted by atomic mass is 32.1. The van der Waals surface area contributed by atoms with Gasteiger partial charge in [0.2, 0.25) is 4.77 Å². The zero-order chi connectivity index (χ0) is 15.7. The first-order valence-corrected chi connectivity index (χ1v) is 7.74. The van der Waals surface area contributed by atoms with E-state index in [-0.39, 0.29) is 0 Å². The summed E-state index contributed by atoms with van der Waals surface area (Å²) in [5, 5.41) is 4.56. The Hall–Kier alpha value is -2.05. The van der Waals surface area contributed by atoms with Crippen molar-refractivity contribution in [2.45, 2.75) is 27.1 Å². The van der Waals surface area contributed by atoms with Crippen molar-refractivity contribution in [3.8, 4) is 0 Å². The summed E-state index contributed by atoms with van der Waals surface area (Å²) < 4.78 is 4.49. The van der Waals surface area contributed by atoms with Crippen LogP contribution in [0.3, 0.4) is 0 Å². The normalized spacial score (nSPS) is 12.7. The van der Waals surface area contributed by atoms with Gasteiger partial charge in [0.25, 0.3) is 5.78 Å². The van der Waals surface area contributed by atoms with Crippen molar-refractivity contribution in [3.05, 3.63) is 58.1 Å². The second-order valence-electron chi connectivity index (χ2n) is 5.73. The van der Waals surface area contributed by atoms with Gasteiger partial charge in [-0.15, -0.1) is 5.10 Å². The molecule has 1 unspecified atom stereocenters. The Morgan fingerprint density at radius 1 is 1.18 bits per heavy atom. The quantitative estimate of drug-likeness (QED) is 0.743. The van der Waals surface area contributed by atoms with E-state index in [1.807, 2.05) is 35.1 Å². The van der Waals surface area contributed by atoms with Crippen molar-refractivity contribution < 1.29 is 4.90 Å². The van der Waals surface area contributed by atoms with Crippen LogP contribution in [0, 0.1) is 18.6 Å². The van der Waals surface area contributed by atoms with Gasteiger partial charge in [-0.2, -0.15) is 4.68 Å². The fraction of sp³-hybridized carbons (Fsp3) is 0.312. The molecule has 2 heterocycles. The van der Waals surface area contributed by atoms with Crippen molar-refractivity contribution in [2.75, 3.05) is 7.05 Å². The van der Waals surface area contributed by atoms with Gasteiger partial charge in [-0.05, 0) is 32.1 Å². The lowest BCUT2D eigenvalue weighted by atomic mass is 10.2. The summed E-state index contributed by atoms with van der Waals surface area (Å²) in [7, 11) is 2.14. The lowest BCUT2D eigenvalue weighted by Crippen LogP contribution is -3.07. The first kappa shape index (κ1) is 14.9. The van der Waals surface area contributed by atoms with E-state index in [1.54, 1.807) is 0 Å². The lowest BCUT2D eigenvalue weighted by molar-refractivity contribution is -0.917. The SMILES string of the molecule is Cc1cc(C)n2c(=S)n(C[NH+](C)Cc3ccccc3)nc2n1. The summed E-state index contributed by atoms with van der Waals surface area (Å²) in [6.07, 6.45) is 0. The number of rotatable bonds is 4. The van der Waals surface area contributed by atoms with Crippen LogP contribution in [0.25, 0.3) is 5.78 Å². The molecule has 0 aliphatic carbocycles. The van der Waals surface area contributed by atoms with E-state index in [0.29, 0.717) is 10.5 Å². The first-order chi connectivity index (χ1) is 10.5. The van der Waals surface area contributed by atoms with Gasteiger partial charge in [0.1, 0.15) is 6.54 Å². The molecule has 0 aliphatic heterocycles. The number of nitrogens with zero attached hydrogens (tertiary/aromatic N) is 4. The van der Waals surface area contributed by atoms with E-state index >= 15 is 0 Å². The molecule has 1 N–H and O–H groups in total. The standard InChI is InChI=1S/C16H19N5S/c1-12-9-13(2)21-15(17-12)18-20(16(21)22)11-19(3)10-14-7-5-4-6-8-14/h4-9H,10-11H2,1-3H3/p+1. The van der Waals surface area contributed by atoms with Crippen LogP contribution in [0.2, 0.25) is 0 Å². The van der Waals surface area contributed by atoms with E-state index < -0.39 is 0 Å². The van der Waals surface area contributed by atoms with E-state index in [1.165, 1.54) is 10.5 Å². The minimum atomic E-state index is 0.676. The van der Waals surface area contributed by atoms with Crippen LogP contribution in [-0.2, 0) is 13.2 Å². The molecular weight excluding hydrogens is 294 g/mol. The molecule has 2 aromatic heterocycles. The topological polar surface area (TPSA) is 39.6 Å². The highest BCUT2D eigenvalue weighted by molar-refractivity contribution is 7.71. The third kappa shape index (κ3) is 2.93. The Bertz CT molecular complexity index is 850. The average molecular weight is 314 g/mol. The second-order valence-corrected chi connectivity index (χ2v) is 6.10. The average Bonchev–Trinajstić information content (AvgIpc) is 2.76. The molecule has 0 fully saturated rings. The van der Waals surface area contributed by atoms with Crippen molar-refractivity contribution in [3.63, 3.8) is 0 Å². The minimum absolute atomic E-state index is 0.676. The van der Waals surface area contributed by atoms with Crippen molar-refractivity contribution in [1.29, 1.82) is 0 Å². The van der Waals surface area contributed by atoms with Gasteiger partial charge in [0.05, 0.1) is 7.05 Å². The first-order valence-electron chi connectivity index (χ1n) is 7.33. The largest absolute Gasteiger partial charge is 0.315 e. The van der Waals surface area contributed by atoms with Crippen molar-refractivity contribution in [1.82, 2.24) is 19.2 Å². The summed E-state index contributed by atoms with van der Waals surface area (Å²) in [6.45, 7) is 5.66. The number of quaternary nitrogens is 1. The van der Waals surface area contributed by atoms with E-state index in [0.717, 1.165) is 24.6 Å². The predicted molar refractivity (Wildman–Crippen MR) is 88.3 cm³/mol. The van der Waals surface area contributed by atoms with E-state index in [2.05, 4.69) is 41.4 Å². The van der Waals surface area contributed by atoms with Crippen LogP contribution in [0.15, 0.2) is 36.4 Å². The molecule has 5 nitrogen and oxygen atoms in total. The number of benzene rings is 1. The minimum Gasteiger partial charge on any atom is -0.315 e. The van der Waals surface area contributed by atoms with E-state index in [4.69, 9.17) is 12.2 Å². The molecule has 6 heteroatoms. The molecule has 1 aromatic carbocycles. The fourth-order valence-electron chi connectivity index (χ4n) is 2.69. The van der Waals surface area contributed by atoms with Crippen LogP contribution in [0.1, 0.15) is 17.0 Å². The zero-order valence-electron chi connectivity index (χ0n) is 13.1. The summed E-state index contributed by atoms with van der Waals surface area (Å²) in [6, 6.07) is 12.5. The number of hydrogen-bond donors (Lipinski definition) is 1. The van der Waals surface area contributed by atoms with Crippen LogP contribution in [-0.4, -0.2) is 26.2 Å². The maximum Gasteiger partial charge on any atom is 0.254 e. The Kier molecular flexibility index (Phi) is 4.04. The van der Waals surface area contributed by atoms with Crippen LogP contribution in [0.5, 0.6) is 0 Å². The molecule has 0 amide bonds. The molecule has 0 radical (unpaired) electrons. The summed E-state index contributed by atoms with van der Waals surface area (Å²) in [5.41, 5.74) is 3.34. The van der Waals surface area contributed by atoms with Crippen LogP contribution >= 0.6 is 12.2 Å². The monoisotopic (exact) mass is 314 g/mol. The number of fused-ring (bicyclic) bond motifs is 1. The maximum atomic E-state index is 5.55. The van der Waals surface area contributed by atoms with Gasteiger partial charge in [0.15, 0.2) is 6.67 Å². The maximum absolute atomic E-state index is 5.55. The molecule has 114 valence electrons. The number of nitrogens with one attached hydrogen (secondary N) is 1. The third-order valence-corrected chi connectivity index (χ3v) is 4.03. The fourth-order valence-corrected chi connectivity index (χ4v) is 3.02. The number of hydrogen-bond acceptors (Lipinski definition) is 3. The molecule has 1 atom stereocenters. The molecule has 0 saturated heterocycles.